The third kappa shape index (κ3) is 2.94. The molecule has 0 aliphatic heterocycles. The van der Waals surface area contributed by atoms with Gasteiger partial charge >= 0.3 is 5.97 Å². The van der Waals surface area contributed by atoms with Crippen LogP contribution >= 0.6 is 0 Å². The van der Waals surface area contributed by atoms with Crippen molar-refractivity contribution in [3.8, 4) is 0 Å². The van der Waals surface area contributed by atoms with Crippen LogP contribution in [0.15, 0.2) is 29.2 Å². The van der Waals surface area contributed by atoms with Gasteiger partial charge in [-0.1, -0.05) is 0 Å². The molecule has 0 heterocycles. The number of carboxylic acids is 1. The summed E-state index contributed by atoms with van der Waals surface area (Å²) in [7, 11) is -3.68. The minimum atomic E-state index is -3.68. The van der Waals surface area contributed by atoms with Gasteiger partial charge in [-0.15, -0.1) is 0 Å². The molecule has 5 N–H and O–H groups in total. The molecule has 16 heavy (non-hydrogen) atoms. The van der Waals surface area contributed by atoms with Crippen molar-refractivity contribution in [2.24, 2.45) is 5.73 Å². The number of benzene rings is 1. The zero-order valence-corrected chi connectivity index (χ0v) is 9.15. The molecule has 0 saturated carbocycles. The Bertz CT molecular complexity index is 481. The Balaban J connectivity index is 2.94. The minimum absolute atomic E-state index is 0.0124. The highest BCUT2D eigenvalue weighted by atomic mass is 32.2. The zero-order valence-electron chi connectivity index (χ0n) is 8.33. The van der Waals surface area contributed by atoms with E-state index in [-0.39, 0.29) is 4.90 Å². The summed E-state index contributed by atoms with van der Waals surface area (Å²) in [6.07, 6.45) is 0. The largest absolute Gasteiger partial charge is 0.480 e. The zero-order chi connectivity index (χ0) is 12.3. The molecule has 0 bridgehead atoms. The maximum Gasteiger partial charge on any atom is 0.321 e. The Morgan fingerprint density at radius 2 is 1.81 bits per heavy atom. The average molecular weight is 244 g/mol. The maximum atomic E-state index is 11.7. The lowest BCUT2D eigenvalue weighted by atomic mass is 10.3. The number of rotatable bonds is 4. The van der Waals surface area contributed by atoms with E-state index in [1.54, 1.807) is 0 Å². The number of carbonyl (C=O) groups is 1. The van der Waals surface area contributed by atoms with Crippen molar-refractivity contribution in [1.29, 1.82) is 0 Å². The molecular formula is C9H12N2O4S. The van der Waals surface area contributed by atoms with Crippen LogP contribution in [-0.2, 0) is 14.6 Å². The van der Waals surface area contributed by atoms with Crippen LogP contribution in [0.1, 0.15) is 0 Å². The van der Waals surface area contributed by atoms with Crippen LogP contribution in [0, 0.1) is 0 Å². The second-order valence-corrected chi connectivity index (χ2v) is 5.33. The van der Waals surface area contributed by atoms with Crippen LogP contribution < -0.4 is 11.5 Å². The number of sulfone groups is 1. The van der Waals surface area contributed by atoms with Crippen LogP contribution in [0.3, 0.4) is 0 Å². The molecule has 0 aliphatic rings. The van der Waals surface area contributed by atoms with Crippen molar-refractivity contribution >= 4 is 21.5 Å². The Labute approximate surface area is 92.8 Å². The molecule has 1 aromatic rings. The standard InChI is InChI=1S/C9H12N2O4S/c10-6-1-3-7(4-2-6)16(14,15)5-8(11)9(12)13/h1-4,8H,5,10-11H2,(H,12,13)/t8-/m0/s1. The molecule has 0 fully saturated rings. The lowest BCUT2D eigenvalue weighted by Gasteiger charge is -2.07. The highest BCUT2D eigenvalue weighted by Crippen LogP contribution is 2.13. The predicted octanol–water partition coefficient (Wildman–Crippen LogP) is -0.546. The van der Waals surface area contributed by atoms with E-state index in [2.05, 4.69) is 0 Å². The lowest BCUT2D eigenvalue weighted by molar-refractivity contribution is -0.137. The van der Waals surface area contributed by atoms with E-state index in [0.29, 0.717) is 5.69 Å². The highest BCUT2D eigenvalue weighted by molar-refractivity contribution is 7.91. The summed E-state index contributed by atoms with van der Waals surface area (Å²) in [5.41, 5.74) is 11.0. The van der Waals surface area contributed by atoms with Gasteiger partial charge in [-0.3, -0.25) is 4.79 Å². The van der Waals surface area contributed by atoms with Gasteiger partial charge < -0.3 is 16.6 Å². The van der Waals surface area contributed by atoms with Crippen LogP contribution in [0.25, 0.3) is 0 Å². The van der Waals surface area contributed by atoms with Crippen molar-refractivity contribution in [3.63, 3.8) is 0 Å². The molecule has 0 unspecified atom stereocenters. The quantitative estimate of drug-likeness (QED) is 0.611. The fourth-order valence-corrected chi connectivity index (χ4v) is 2.44. The first-order valence-electron chi connectivity index (χ1n) is 4.39. The summed E-state index contributed by atoms with van der Waals surface area (Å²) in [4.78, 5) is 10.5. The van der Waals surface area contributed by atoms with E-state index in [4.69, 9.17) is 16.6 Å². The number of nitrogens with two attached hydrogens (primary N) is 2. The number of carboxylic acid groups (broad SMARTS) is 1. The van der Waals surface area contributed by atoms with Gasteiger partial charge in [-0.25, -0.2) is 8.42 Å². The molecule has 6 nitrogen and oxygen atoms in total. The number of anilines is 1. The summed E-state index contributed by atoms with van der Waals surface area (Å²) >= 11 is 0. The molecule has 0 radical (unpaired) electrons. The average Bonchev–Trinajstić information content (AvgIpc) is 2.17. The third-order valence-electron chi connectivity index (χ3n) is 1.96. The first kappa shape index (κ1) is 12.5. The molecule has 7 heteroatoms. The molecular weight excluding hydrogens is 232 g/mol. The van der Waals surface area contributed by atoms with Gasteiger partial charge in [-0.2, -0.15) is 0 Å². The molecule has 0 saturated heterocycles. The van der Waals surface area contributed by atoms with E-state index in [9.17, 15) is 13.2 Å². The second kappa shape index (κ2) is 4.50. The van der Waals surface area contributed by atoms with Crippen molar-refractivity contribution in [2.75, 3.05) is 11.5 Å². The SMILES string of the molecule is Nc1ccc(S(=O)(=O)C[C@H](N)C(=O)O)cc1. The molecule has 0 amide bonds. The van der Waals surface area contributed by atoms with Gasteiger partial charge in [-0.05, 0) is 24.3 Å². The third-order valence-corrected chi connectivity index (χ3v) is 3.74. The van der Waals surface area contributed by atoms with Gasteiger partial charge in [0.2, 0.25) is 0 Å². The lowest BCUT2D eigenvalue weighted by Crippen LogP contribution is -2.37. The maximum absolute atomic E-state index is 11.7. The summed E-state index contributed by atoms with van der Waals surface area (Å²) in [5.74, 6) is -1.98. The number of hydrogen-bond donors (Lipinski definition) is 3. The Morgan fingerprint density at radius 3 is 2.25 bits per heavy atom. The Hall–Kier alpha value is -1.60. The summed E-state index contributed by atoms with van der Waals surface area (Å²) in [6, 6.07) is 4.07. The van der Waals surface area contributed by atoms with Gasteiger partial charge in [0.05, 0.1) is 10.6 Å². The number of nitrogen functional groups attached to an aromatic ring is 1. The molecule has 0 spiro atoms. The smallest absolute Gasteiger partial charge is 0.321 e. The van der Waals surface area contributed by atoms with E-state index in [0.717, 1.165) is 0 Å². The van der Waals surface area contributed by atoms with E-state index in [1.807, 2.05) is 0 Å². The number of aliphatic carboxylic acids is 1. The fraction of sp³-hybridized carbons (Fsp3) is 0.222. The predicted molar refractivity (Wildman–Crippen MR) is 58.5 cm³/mol. The molecule has 1 atom stereocenters. The Kier molecular flexibility index (Phi) is 3.51. The van der Waals surface area contributed by atoms with Gasteiger partial charge in [0.1, 0.15) is 6.04 Å². The fourth-order valence-electron chi connectivity index (χ4n) is 1.08. The Morgan fingerprint density at radius 1 is 1.31 bits per heavy atom. The summed E-state index contributed by atoms with van der Waals surface area (Å²) in [6.45, 7) is 0. The van der Waals surface area contributed by atoms with Crippen LogP contribution in [0.5, 0.6) is 0 Å². The van der Waals surface area contributed by atoms with Gasteiger partial charge in [0.25, 0.3) is 0 Å². The van der Waals surface area contributed by atoms with Crippen LogP contribution in [0.2, 0.25) is 0 Å². The normalized spacial score (nSPS) is 13.3. The molecule has 1 aromatic carbocycles. The van der Waals surface area contributed by atoms with Gasteiger partial charge in [0.15, 0.2) is 9.84 Å². The van der Waals surface area contributed by atoms with Crippen LogP contribution in [-0.4, -0.2) is 31.3 Å². The van der Waals surface area contributed by atoms with Crippen molar-refractivity contribution in [3.05, 3.63) is 24.3 Å². The van der Waals surface area contributed by atoms with E-state index >= 15 is 0 Å². The highest BCUT2D eigenvalue weighted by Gasteiger charge is 2.22. The minimum Gasteiger partial charge on any atom is -0.480 e. The summed E-state index contributed by atoms with van der Waals surface area (Å²) < 4.78 is 23.3. The first-order chi connectivity index (χ1) is 7.33. The monoisotopic (exact) mass is 244 g/mol. The topological polar surface area (TPSA) is 123 Å². The molecule has 1 rings (SSSR count). The van der Waals surface area contributed by atoms with E-state index in [1.165, 1.54) is 24.3 Å². The summed E-state index contributed by atoms with van der Waals surface area (Å²) in [5, 5.41) is 8.53. The van der Waals surface area contributed by atoms with Crippen molar-refractivity contribution in [1.82, 2.24) is 0 Å². The molecule has 0 aromatic heterocycles. The first-order valence-corrected chi connectivity index (χ1v) is 6.05. The second-order valence-electron chi connectivity index (χ2n) is 3.30. The van der Waals surface area contributed by atoms with E-state index < -0.39 is 27.6 Å². The molecule has 0 aliphatic carbocycles. The molecule has 88 valence electrons. The number of hydrogen-bond acceptors (Lipinski definition) is 5. The van der Waals surface area contributed by atoms with Gasteiger partial charge in [0, 0.05) is 5.69 Å². The van der Waals surface area contributed by atoms with Crippen LogP contribution in [0.4, 0.5) is 5.69 Å². The van der Waals surface area contributed by atoms with Crippen molar-refractivity contribution in [2.45, 2.75) is 10.9 Å². The van der Waals surface area contributed by atoms with Crippen molar-refractivity contribution < 1.29 is 18.3 Å².